The van der Waals surface area contributed by atoms with Gasteiger partial charge in [-0.2, -0.15) is 0 Å². The molecule has 0 aliphatic carbocycles. The molecule has 3 aromatic rings. The summed E-state index contributed by atoms with van der Waals surface area (Å²) in [4.78, 5) is 13.1. The second kappa shape index (κ2) is 5.97. The third kappa shape index (κ3) is 2.90. The average molecular weight is 297 g/mol. The predicted molar refractivity (Wildman–Crippen MR) is 87.2 cm³/mol. The summed E-state index contributed by atoms with van der Waals surface area (Å²) in [5, 5.41) is 3.96. The Labute approximate surface area is 127 Å². The highest BCUT2D eigenvalue weighted by Gasteiger charge is 2.15. The highest BCUT2D eigenvalue weighted by atomic mass is 32.1. The van der Waals surface area contributed by atoms with Gasteiger partial charge < -0.3 is 10.1 Å². The summed E-state index contributed by atoms with van der Waals surface area (Å²) in [6.45, 7) is 0. The number of anilines is 1. The molecule has 0 aliphatic heterocycles. The molecule has 1 N–H and O–H groups in total. The second-order valence-corrected chi connectivity index (χ2v) is 5.78. The predicted octanol–water partition coefficient (Wildman–Crippen LogP) is 4.09. The number of carbonyl (C=O) groups excluding carboxylic acids is 1. The minimum absolute atomic E-state index is 0.0361. The average Bonchev–Trinajstić information content (AvgIpc) is 2.85. The van der Waals surface area contributed by atoms with Crippen LogP contribution in [-0.2, 0) is 11.2 Å². The second-order valence-electron chi connectivity index (χ2n) is 4.65. The maximum atomic E-state index is 12.2. The molecule has 0 aliphatic rings. The maximum Gasteiger partial charge on any atom is 0.229 e. The highest BCUT2D eigenvalue weighted by molar-refractivity contribution is 7.19. The van der Waals surface area contributed by atoms with E-state index in [1.165, 1.54) is 0 Å². The van der Waals surface area contributed by atoms with Crippen LogP contribution in [0.4, 0.5) is 5.69 Å². The lowest BCUT2D eigenvalue weighted by Gasteiger charge is -2.05. The summed E-state index contributed by atoms with van der Waals surface area (Å²) in [6.07, 6.45) is 0.317. The molecule has 1 amide bonds. The first-order chi connectivity index (χ1) is 10.3. The third-order valence-corrected chi connectivity index (χ3v) is 4.35. The molecule has 2 aromatic carbocycles. The smallest absolute Gasteiger partial charge is 0.229 e. The van der Waals surface area contributed by atoms with Crippen LogP contribution in [0.25, 0.3) is 10.1 Å². The lowest BCUT2D eigenvalue weighted by molar-refractivity contribution is -0.115. The Bertz CT molecular complexity index is 765. The minimum Gasteiger partial charge on any atom is -0.495 e. The number of nitrogens with one attached hydrogen (secondary N) is 1. The van der Waals surface area contributed by atoms with Crippen molar-refractivity contribution in [3.8, 4) is 5.75 Å². The van der Waals surface area contributed by atoms with E-state index in [4.69, 9.17) is 4.74 Å². The van der Waals surface area contributed by atoms with Gasteiger partial charge in [-0.25, -0.2) is 0 Å². The molecule has 1 heterocycles. The van der Waals surface area contributed by atoms with Crippen LogP contribution in [0.15, 0.2) is 54.6 Å². The molecule has 106 valence electrons. The van der Waals surface area contributed by atoms with Crippen LogP contribution in [0.5, 0.6) is 5.75 Å². The van der Waals surface area contributed by atoms with Gasteiger partial charge in [0, 0.05) is 15.8 Å². The summed E-state index contributed by atoms with van der Waals surface area (Å²) in [5.74, 6) is 0.768. The zero-order valence-corrected chi connectivity index (χ0v) is 12.4. The van der Waals surface area contributed by atoms with Crippen molar-refractivity contribution in [2.75, 3.05) is 12.4 Å². The lowest BCUT2D eigenvalue weighted by atomic mass is 10.2. The van der Waals surface area contributed by atoms with E-state index in [2.05, 4.69) is 5.32 Å². The van der Waals surface area contributed by atoms with Crippen LogP contribution in [0.2, 0.25) is 0 Å². The number of ether oxygens (including phenoxy) is 1. The third-order valence-electron chi connectivity index (χ3n) is 3.20. The quantitative estimate of drug-likeness (QED) is 0.787. The van der Waals surface area contributed by atoms with Crippen molar-refractivity contribution in [3.63, 3.8) is 0 Å². The number of methoxy groups -OCH3 is 1. The maximum absolute atomic E-state index is 12.2. The summed E-state index contributed by atoms with van der Waals surface area (Å²) >= 11 is 1.60. The monoisotopic (exact) mass is 297 g/mol. The van der Waals surface area contributed by atoms with Gasteiger partial charge in [0.1, 0.15) is 5.75 Å². The molecule has 4 heteroatoms. The van der Waals surface area contributed by atoms with E-state index in [1.54, 1.807) is 18.4 Å². The van der Waals surface area contributed by atoms with Crippen LogP contribution < -0.4 is 10.1 Å². The van der Waals surface area contributed by atoms with Crippen LogP contribution in [-0.4, -0.2) is 13.0 Å². The highest BCUT2D eigenvalue weighted by Crippen LogP contribution is 2.37. The Morgan fingerprint density at radius 3 is 2.57 bits per heavy atom. The van der Waals surface area contributed by atoms with Crippen LogP contribution in [0.3, 0.4) is 0 Å². The molecule has 0 saturated carbocycles. The number of thiophene rings is 1. The van der Waals surface area contributed by atoms with E-state index in [0.717, 1.165) is 26.4 Å². The van der Waals surface area contributed by atoms with Gasteiger partial charge in [0.15, 0.2) is 0 Å². The molecule has 0 unspecified atom stereocenters. The van der Waals surface area contributed by atoms with Gasteiger partial charge >= 0.3 is 0 Å². The van der Waals surface area contributed by atoms with Gasteiger partial charge in [0.05, 0.1) is 18.4 Å². The van der Waals surface area contributed by atoms with E-state index in [0.29, 0.717) is 6.42 Å². The molecule has 0 bridgehead atoms. The van der Waals surface area contributed by atoms with Gasteiger partial charge in [-0.05, 0) is 24.3 Å². The largest absolute Gasteiger partial charge is 0.495 e. The van der Waals surface area contributed by atoms with Crippen molar-refractivity contribution in [3.05, 3.63) is 59.5 Å². The first-order valence-corrected chi connectivity index (χ1v) is 7.49. The molecular formula is C17H15NO2S. The number of carbonyl (C=O) groups is 1. The molecule has 0 atom stereocenters. The van der Waals surface area contributed by atoms with Crippen LogP contribution in [0.1, 0.15) is 4.88 Å². The molecule has 21 heavy (non-hydrogen) atoms. The molecule has 3 rings (SSSR count). The van der Waals surface area contributed by atoms with Crippen molar-refractivity contribution < 1.29 is 9.53 Å². The standard InChI is InChI=1S/C17H15NO2S/c1-20-17-13-9-5-6-10-14(13)21-15(17)11-16(19)18-12-7-3-2-4-8-12/h2-10H,11H2,1H3,(H,18,19). The molecule has 0 fully saturated rings. The van der Waals surface area contributed by atoms with Crippen molar-refractivity contribution in [2.45, 2.75) is 6.42 Å². The normalized spacial score (nSPS) is 10.5. The molecule has 3 nitrogen and oxygen atoms in total. The van der Waals surface area contributed by atoms with Crippen molar-refractivity contribution in [1.82, 2.24) is 0 Å². The van der Waals surface area contributed by atoms with Gasteiger partial charge in [-0.15, -0.1) is 11.3 Å². The van der Waals surface area contributed by atoms with Gasteiger partial charge in [0.2, 0.25) is 5.91 Å². The van der Waals surface area contributed by atoms with E-state index in [1.807, 2.05) is 54.6 Å². The van der Waals surface area contributed by atoms with Gasteiger partial charge in [0.25, 0.3) is 0 Å². The Morgan fingerprint density at radius 2 is 1.81 bits per heavy atom. The minimum atomic E-state index is -0.0361. The fourth-order valence-corrected chi connectivity index (χ4v) is 3.46. The molecule has 0 saturated heterocycles. The number of hydrogen-bond donors (Lipinski definition) is 1. The summed E-state index contributed by atoms with van der Waals surface area (Å²) in [6, 6.07) is 17.5. The summed E-state index contributed by atoms with van der Waals surface area (Å²) < 4.78 is 6.62. The fraction of sp³-hybridized carbons (Fsp3) is 0.118. The zero-order valence-electron chi connectivity index (χ0n) is 11.6. The van der Waals surface area contributed by atoms with E-state index in [-0.39, 0.29) is 5.91 Å². The number of para-hydroxylation sites is 1. The van der Waals surface area contributed by atoms with Crippen molar-refractivity contribution in [1.29, 1.82) is 0 Å². The lowest BCUT2D eigenvalue weighted by Crippen LogP contribution is -2.13. The van der Waals surface area contributed by atoms with Crippen molar-refractivity contribution >= 4 is 33.0 Å². The number of benzene rings is 2. The number of amides is 1. The zero-order chi connectivity index (χ0) is 14.7. The van der Waals surface area contributed by atoms with E-state index >= 15 is 0 Å². The summed E-state index contributed by atoms with van der Waals surface area (Å²) in [5.41, 5.74) is 0.808. The fourth-order valence-electron chi connectivity index (χ4n) is 2.29. The van der Waals surface area contributed by atoms with E-state index < -0.39 is 0 Å². The Kier molecular flexibility index (Phi) is 3.88. The topological polar surface area (TPSA) is 38.3 Å². The Balaban J connectivity index is 1.83. The van der Waals surface area contributed by atoms with Crippen LogP contribution in [0, 0.1) is 0 Å². The van der Waals surface area contributed by atoms with Crippen LogP contribution >= 0.6 is 11.3 Å². The number of rotatable bonds is 4. The Hall–Kier alpha value is -2.33. The molecular weight excluding hydrogens is 282 g/mol. The van der Waals surface area contributed by atoms with E-state index in [9.17, 15) is 4.79 Å². The molecule has 0 radical (unpaired) electrons. The number of hydrogen-bond acceptors (Lipinski definition) is 3. The van der Waals surface area contributed by atoms with Gasteiger partial charge in [-0.3, -0.25) is 4.79 Å². The molecule has 0 spiro atoms. The first-order valence-electron chi connectivity index (χ1n) is 6.67. The van der Waals surface area contributed by atoms with Gasteiger partial charge in [-0.1, -0.05) is 30.3 Å². The van der Waals surface area contributed by atoms with Crippen molar-refractivity contribution in [2.24, 2.45) is 0 Å². The summed E-state index contributed by atoms with van der Waals surface area (Å²) in [7, 11) is 1.65. The Morgan fingerprint density at radius 1 is 1.10 bits per heavy atom. The molecule has 1 aromatic heterocycles. The SMILES string of the molecule is COc1c(CC(=O)Nc2ccccc2)sc2ccccc12. The first kappa shape index (κ1) is 13.6. The number of fused-ring (bicyclic) bond motifs is 1.